The highest BCUT2D eigenvalue weighted by Crippen LogP contribution is 2.26. The van der Waals surface area contributed by atoms with Crippen LogP contribution in [-0.4, -0.2) is 33.9 Å². The second-order valence-electron chi connectivity index (χ2n) is 7.47. The van der Waals surface area contributed by atoms with Gasteiger partial charge in [0.1, 0.15) is 5.60 Å². The molecule has 0 amide bonds. The van der Waals surface area contributed by atoms with Gasteiger partial charge in [-0.1, -0.05) is 29.3 Å². The van der Waals surface area contributed by atoms with Crippen molar-refractivity contribution in [3.05, 3.63) is 56.8 Å². The Morgan fingerprint density at radius 2 is 1.79 bits per heavy atom. The van der Waals surface area contributed by atoms with E-state index in [1.807, 2.05) is 13.8 Å². The molecule has 0 fully saturated rings. The molecule has 6 nitrogen and oxygen atoms in total. The highest BCUT2D eigenvalue weighted by molar-refractivity contribution is 6.35. The Morgan fingerprint density at radius 3 is 2.38 bits per heavy atom. The molecule has 1 heterocycles. The van der Waals surface area contributed by atoms with Crippen molar-refractivity contribution in [2.45, 2.75) is 46.8 Å². The minimum absolute atomic E-state index is 0.405. The van der Waals surface area contributed by atoms with E-state index in [1.54, 1.807) is 49.7 Å². The fraction of sp³-hybridized carbons (Fsp3) is 0.381. The maximum Gasteiger partial charge on any atom is 0.344 e. The summed E-state index contributed by atoms with van der Waals surface area (Å²) < 4.78 is 11.8. The molecule has 0 unspecified atom stereocenters. The van der Waals surface area contributed by atoms with E-state index in [9.17, 15) is 9.59 Å². The lowest BCUT2D eigenvalue weighted by molar-refractivity contribution is -0.164. The zero-order chi connectivity index (χ0) is 21.8. The summed E-state index contributed by atoms with van der Waals surface area (Å²) in [5, 5.41) is 5.63. The average Bonchev–Trinajstić information content (AvgIpc) is 2.86. The number of ether oxygens (including phenoxy) is 2. The summed E-state index contributed by atoms with van der Waals surface area (Å²) in [4.78, 5) is 23.5. The van der Waals surface area contributed by atoms with Crippen molar-refractivity contribution in [3.63, 3.8) is 0 Å². The van der Waals surface area contributed by atoms with Crippen molar-refractivity contribution in [2.75, 3.05) is 6.61 Å². The van der Waals surface area contributed by atoms with Crippen LogP contribution >= 0.6 is 23.2 Å². The molecule has 0 bridgehead atoms. The van der Waals surface area contributed by atoms with Crippen LogP contribution in [-0.2, 0) is 25.6 Å². The summed E-state index contributed by atoms with van der Waals surface area (Å²) in [5.74, 6) is -1.24. The van der Waals surface area contributed by atoms with Crippen LogP contribution in [0, 0.1) is 13.8 Å². The fourth-order valence-electron chi connectivity index (χ4n) is 2.64. The van der Waals surface area contributed by atoms with Gasteiger partial charge in [0, 0.05) is 32.9 Å². The minimum Gasteiger partial charge on any atom is -0.457 e. The van der Waals surface area contributed by atoms with Crippen molar-refractivity contribution in [2.24, 2.45) is 0 Å². The van der Waals surface area contributed by atoms with Crippen molar-refractivity contribution in [1.29, 1.82) is 0 Å². The average molecular weight is 439 g/mol. The number of rotatable bonds is 6. The van der Waals surface area contributed by atoms with Crippen molar-refractivity contribution in [3.8, 4) is 0 Å². The third-order valence-electron chi connectivity index (χ3n) is 3.95. The van der Waals surface area contributed by atoms with Gasteiger partial charge in [0.05, 0.1) is 12.2 Å². The monoisotopic (exact) mass is 438 g/mol. The van der Waals surface area contributed by atoms with Crippen LogP contribution in [0.5, 0.6) is 0 Å². The van der Waals surface area contributed by atoms with Crippen LogP contribution in [0.3, 0.4) is 0 Å². The van der Waals surface area contributed by atoms with Crippen LogP contribution in [0.15, 0.2) is 24.3 Å². The smallest absolute Gasteiger partial charge is 0.344 e. The first kappa shape index (κ1) is 23.0. The summed E-state index contributed by atoms with van der Waals surface area (Å²) >= 11 is 12.5. The van der Waals surface area contributed by atoms with Crippen LogP contribution in [0.1, 0.15) is 43.3 Å². The zero-order valence-corrected chi connectivity index (χ0v) is 18.6. The van der Waals surface area contributed by atoms with E-state index in [1.165, 1.54) is 6.08 Å². The lowest BCUT2D eigenvalue weighted by Gasteiger charge is -2.19. The predicted octanol–water partition coefficient (Wildman–Crippen LogP) is 4.75. The Hall–Kier alpha value is -2.31. The minimum atomic E-state index is -0.642. The SMILES string of the molecule is Cc1nn(Cc2c(Cl)cccc2Cl)c(C)c1/C=C/C(=O)OCC(=O)OC(C)(C)C. The van der Waals surface area contributed by atoms with Gasteiger partial charge >= 0.3 is 11.9 Å². The van der Waals surface area contributed by atoms with Gasteiger partial charge in [0.25, 0.3) is 0 Å². The Morgan fingerprint density at radius 1 is 1.17 bits per heavy atom. The number of esters is 2. The highest BCUT2D eigenvalue weighted by atomic mass is 35.5. The fourth-order valence-corrected chi connectivity index (χ4v) is 3.16. The molecule has 0 radical (unpaired) electrons. The molecule has 0 atom stereocenters. The van der Waals surface area contributed by atoms with E-state index >= 15 is 0 Å². The van der Waals surface area contributed by atoms with Gasteiger partial charge in [0.2, 0.25) is 0 Å². The van der Waals surface area contributed by atoms with E-state index in [-0.39, 0.29) is 0 Å². The summed E-state index contributed by atoms with van der Waals surface area (Å²) in [7, 11) is 0. The molecule has 2 rings (SSSR count). The first-order chi connectivity index (χ1) is 13.5. The van der Waals surface area contributed by atoms with Crippen molar-refractivity contribution >= 4 is 41.2 Å². The van der Waals surface area contributed by atoms with Crippen LogP contribution in [0.2, 0.25) is 10.0 Å². The number of aromatic nitrogens is 2. The number of hydrogen-bond acceptors (Lipinski definition) is 5. The lowest BCUT2D eigenvalue weighted by atomic mass is 10.1. The Kier molecular flexibility index (Phi) is 7.49. The normalized spacial score (nSPS) is 11.7. The molecule has 0 N–H and O–H groups in total. The maximum atomic E-state index is 11.9. The molecule has 0 saturated carbocycles. The highest BCUT2D eigenvalue weighted by Gasteiger charge is 2.17. The summed E-state index contributed by atoms with van der Waals surface area (Å²) in [5.41, 5.74) is 2.50. The number of carbonyl (C=O) groups excluding carboxylic acids is 2. The molecule has 0 saturated heterocycles. The molecule has 2 aromatic rings. The van der Waals surface area contributed by atoms with Gasteiger partial charge < -0.3 is 9.47 Å². The third-order valence-corrected chi connectivity index (χ3v) is 4.65. The molecule has 0 aliphatic rings. The first-order valence-corrected chi connectivity index (χ1v) is 9.77. The molecule has 0 aliphatic heterocycles. The summed E-state index contributed by atoms with van der Waals surface area (Å²) in [6.45, 7) is 8.91. The van der Waals surface area contributed by atoms with Gasteiger partial charge in [-0.25, -0.2) is 9.59 Å². The molecule has 0 aliphatic carbocycles. The van der Waals surface area contributed by atoms with Crippen LogP contribution < -0.4 is 0 Å². The molecular weight excluding hydrogens is 415 g/mol. The molecule has 1 aromatic carbocycles. The van der Waals surface area contributed by atoms with Gasteiger partial charge in [-0.2, -0.15) is 5.10 Å². The first-order valence-electron chi connectivity index (χ1n) is 9.01. The van der Waals surface area contributed by atoms with E-state index in [4.69, 9.17) is 32.7 Å². The topological polar surface area (TPSA) is 70.4 Å². The number of halogens is 2. The molecular formula is C21H24Cl2N2O4. The van der Waals surface area contributed by atoms with Crippen molar-refractivity contribution < 1.29 is 19.1 Å². The quantitative estimate of drug-likeness (QED) is 0.480. The van der Waals surface area contributed by atoms with E-state index in [0.29, 0.717) is 16.6 Å². The molecule has 29 heavy (non-hydrogen) atoms. The summed E-state index contributed by atoms with van der Waals surface area (Å²) in [6, 6.07) is 5.33. The maximum absolute atomic E-state index is 11.9. The molecule has 0 spiro atoms. The van der Waals surface area contributed by atoms with Gasteiger partial charge in [-0.15, -0.1) is 0 Å². The second-order valence-corrected chi connectivity index (χ2v) is 8.28. The van der Waals surface area contributed by atoms with Crippen molar-refractivity contribution in [1.82, 2.24) is 9.78 Å². The lowest BCUT2D eigenvalue weighted by Crippen LogP contribution is -2.27. The predicted molar refractivity (Wildman–Crippen MR) is 113 cm³/mol. The second kappa shape index (κ2) is 9.46. The number of benzene rings is 1. The standard InChI is InChI=1S/C21H24Cl2N2O4/c1-13-15(9-10-19(26)28-12-20(27)29-21(3,4)5)14(2)25(24-13)11-16-17(22)7-6-8-18(16)23/h6-10H,11-12H2,1-5H3/b10-9+. The zero-order valence-electron chi connectivity index (χ0n) is 17.1. The van der Waals surface area contributed by atoms with Crippen LogP contribution in [0.4, 0.5) is 0 Å². The Balaban J connectivity index is 2.06. The van der Waals surface area contributed by atoms with Gasteiger partial charge in [-0.05, 0) is 52.8 Å². The molecule has 8 heteroatoms. The van der Waals surface area contributed by atoms with Gasteiger partial charge in [-0.3, -0.25) is 4.68 Å². The van der Waals surface area contributed by atoms with E-state index in [0.717, 1.165) is 22.5 Å². The van der Waals surface area contributed by atoms with E-state index < -0.39 is 24.1 Å². The summed E-state index contributed by atoms with van der Waals surface area (Å²) in [6.07, 6.45) is 2.87. The number of aryl methyl sites for hydroxylation is 1. The largest absolute Gasteiger partial charge is 0.457 e. The van der Waals surface area contributed by atoms with Gasteiger partial charge in [0.15, 0.2) is 6.61 Å². The Bertz CT molecular complexity index is 923. The molecule has 156 valence electrons. The number of hydrogen-bond donors (Lipinski definition) is 0. The molecule has 1 aromatic heterocycles. The number of carbonyl (C=O) groups is 2. The van der Waals surface area contributed by atoms with Crippen LogP contribution in [0.25, 0.3) is 6.08 Å². The third kappa shape index (κ3) is 6.61. The number of nitrogens with zero attached hydrogens (tertiary/aromatic N) is 2. The van der Waals surface area contributed by atoms with E-state index in [2.05, 4.69) is 5.10 Å². The Labute approximate surface area is 180 Å².